The van der Waals surface area contributed by atoms with Crippen molar-refractivity contribution in [2.75, 3.05) is 6.61 Å². The first-order chi connectivity index (χ1) is 9.41. The molecular formula is C10H30O10P2. The summed E-state index contributed by atoms with van der Waals surface area (Å²) < 4.78 is 17.8. The zero-order chi connectivity index (χ0) is 17.4. The highest BCUT2D eigenvalue weighted by atomic mass is 31.2. The second-order valence-electron chi connectivity index (χ2n) is 4.23. The van der Waals surface area contributed by atoms with Crippen LogP contribution in [0.3, 0.4) is 0 Å². The Morgan fingerprint density at radius 3 is 1.09 bits per heavy atom. The van der Waals surface area contributed by atoms with Crippen LogP contribution in [0.1, 0.15) is 58.3 Å². The van der Waals surface area contributed by atoms with Crippen LogP contribution in [-0.4, -0.2) is 46.6 Å². The monoisotopic (exact) mass is 372 g/mol. The van der Waals surface area contributed by atoms with E-state index < -0.39 is 15.6 Å². The Labute approximate surface area is 130 Å². The molecule has 0 amide bonds. The Bertz CT molecular complexity index is 243. The molecule has 0 aliphatic heterocycles. The van der Waals surface area contributed by atoms with E-state index in [1.54, 1.807) is 0 Å². The zero-order valence-corrected chi connectivity index (χ0v) is 14.5. The van der Waals surface area contributed by atoms with E-state index in [4.69, 9.17) is 43.6 Å². The number of hydrogen-bond donors (Lipinski definition) is 7. The van der Waals surface area contributed by atoms with Gasteiger partial charge in [-0.15, -0.1) is 0 Å². The highest BCUT2D eigenvalue weighted by molar-refractivity contribution is 7.45. The van der Waals surface area contributed by atoms with Crippen LogP contribution in [0.15, 0.2) is 0 Å². The van der Waals surface area contributed by atoms with Gasteiger partial charge in [-0.3, -0.25) is 0 Å². The zero-order valence-electron chi connectivity index (χ0n) is 12.7. The van der Waals surface area contributed by atoms with Crippen molar-refractivity contribution in [2.24, 2.45) is 0 Å². The van der Waals surface area contributed by atoms with E-state index in [0.717, 1.165) is 6.42 Å². The predicted molar refractivity (Wildman–Crippen MR) is 81.8 cm³/mol. The van der Waals surface area contributed by atoms with Gasteiger partial charge < -0.3 is 39.9 Å². The Morgan fingerprint density at radius 1 is 0.636 bits per heavy atom. The number of unbranched alkanes of at least 4 members (excludes halogenated alkanes) is 7. The van der Waals surface area contributed by atoms with Crippen molar-refractivity contribution in [1.29, 1.82) is 0 Å². The quantitative estimate of drug-likeness (QED) is 0.232. The highest BCUT2D eigenvalue weighted by Gasteiger charge is 2.00. The van der Waals surface area contributed by atoms with Crippen LogP contribution in [0.4, 0.5) is 0 Å². The molecule has 0 fully saturated rings. The van der Waals surface area contributed by atoms with E-state index in [1.807, 2.05) is 0 Å². The molecule has 0 aliphatic rings. The lowest BCUT2D eigenvalue weighted by Gasteiger charge is -1.98. The first-order valence-electron chi connectivity index (χ1n) is 6.59. The second-order valence-corrected chi connectivity index (χ2v) is 6.28. The summed E-state index contributed by atoms with van der Waals surface area (Å²) in [6, 6.07) is 0. The Balaban J connectivity index is -0.000000124. The van der Waals surface area contributed by atoms with E-state index in [1.165, 1.54) is 44.9 Å². The molecule has 0 heterocycles. The number of aliphatic hydroxyl groups is 1. The Kier molecular flexibility index (Phi) is 26.2. The van der Waals surface area contributed by atoms with Crippen LogP contribution in [0.5, 0.6) is 0 Å². The predicted octanol–water partition coefficient (Wildman–Crippen LogP) is 0.438. The van der Waals surface area contributed by atoms with Crippen LogP contribution in [0.2, 0.25) is 0 Å². The second kappa shape index (κ2) is 19.2. The summed E-state index contributed by atoms with van der Waals surface area (Å²) in [5.74, 6) is 0. The average molecular weight is 372 g/mol. The van der Waals surface area contributed by atoms with E-state index >= 15 is 0 Å². The molecule has 0 aliphatic carbocycles. The summed E-state index contributed by atoms with van der Waals surface area (Å²) in [6.45, 7) is 2.61. The summed E-state index contributed by atoms with van der Waals surface area (Å²) >= 11 is 0. The number of rotatable bonds is 8. The number of aliphatic hydroxyl groups excluding tert-OH is 1. The lowest BCUT2D eigenvalue weighted by atomic mass is 10.1. The molecule has 10 nitrogen and oxygen atoms in total. The van der Waals surface area contributed by atoms with Gasteiger partial charge in [-0.05, 0) is 6.42 Å². The smallest absolute Gasteiger partial charge is 0.412 e. The van der Waals surface area contributed by atoms with E-state index in [9.17, 15) is 0 Å². The van der Waals surface area contributed by atoms with E-state index in [2.05, 4.69) is 6.92 Å². The van der Waals surface area contributed by atoms with Crippen LogP contribution in [-0.2, 0) is 9.13 Å². The molecule has 9 N–H and O–H groups in total. The van der Waals surface area contributed by atoms with Crippen molar-refractivity contribution in [3.05, 3.63) is 0 Å². The summed E-state index contributed by atoms with van der Waals surface area (Å²) in [6.07, 6.45) is 10.4. The van der Waals surface area contributed by atoms with E-state index in [0.29, 0.717) is 6.61 Å². The lowest BCUT2D eigenvalue weighted by Crippen LogP contribution is -1.83. The third-order valence-corrected chi connectivity index (χ3v) is 2.01. The molecule has 0 unspecified atom stereocenters. The van der Waals surface area contributed by atoms with Gasteiger partial charge in [-0.2, -0.15) is 0 Å². The van der Waals surface area contributed by atoms with E-state index in [-0.39, 0.29) is 5.48 Å². The normalized spacial score (nSPS) is 10.5. The fraction of sp³-hybridized carbons (Fsp3) is 1.00. The van der Waals surface area contributed by atoms with Crippen molar-refractivity contribution < 1.29 is 49.1 Å². The van der Waals surface area contributed by atoms with Crippen molar-refractivity contribution in [1.82, 2.24) is 0 Å². The minimum absolute atomic E-state index is 0. The van der Waals surface area contributed by atoms with Crippen LogP contribution in [0.25, 0.3) is 0 Å². The van der Waals surface area contributed by atoms with Crippen LogP contribution < -0.4 is 0 Å². The molecular weight excluding hydrogens is 342 g/mol. The van der Waals surface area contributed by atoms with Crippen molar-refractivity contribution in [3.8, 4) is 0 Å². The third kappa shape index (κ3) is 111. The lowest BCUT2D eigenvalue weighted by molar-refractivity contribution is 0.272. The van der Waals surface area contributed by atoms with Crippen LogP contribution in [0, 0.1) is 0 Å². The molecule has 140 valence electrons. The topological polar surface area (TPSA) is 207 Å². The maximum absolute atomic E-state index is 8.88. The molecule has 0 atom stereocenters. The minimum Gasteiger partial charge on any atom is -0.412 e. The molecule has 0 saturated heterocycles. The molecule has 0 aromatic rings. The van der Waals surface area contributed by atoms with Gasteiger partial charge in [0.25, 0.3) is 0 Å². The Morgan fingerprint density at radius 2 is 0.864 bits per heavy atom. The molecule has 0 aromatic heterocycles. The first kappa shape index (κ1) is 30.1. The number of phosphoric acid groups is 2. The Hall–Kier alpha value is 0.140. The molecule has 12 heteroatoms. The van der Waals surface area contributed by atoms with Crippen molar-refractivity contribution in [3.63, 3.8) is 0 Å². The fourth-order valence-electron chi connectivity index (χ4n) is 1.25. The maximum Gasteiger partial charge on any atom is 0.466 e. The van der Waals surface area contributed by atoms with Gasteiger partial charge in [0.1, 0.15) is 0 Å². The largest absolute Gasteiger partial charge is 0.466 e. The maximum atomic E-state index is 8.88. The molecule has 22 heavy (non-hydrogen) atoms. The molecule has 0 radical (unpaired) electrons. The van der Waals surface area contributed by atoms with Gasteiger partial charge in [-0.25, -0.2) is 9.13 Å². The van der Waals surface area contributed by atoms with Gasteiger partial charge in [-0.1, -0.05) is 51.9 Å². The SMILES string of the molecule is CCCCCCCCCCO.O.O=P(O)(O)O.O=P(O)(O)O. The highest BCUT2D eigenvalue weighted by Crippen LogP contribution is 2.26. The summed E-state index contributed by atoms with van der Waals surface area (Å²) in [5, 5.41) is 8.51. The first-order valence-corrected chi connectivity index (χ1v) is 9.72. The van der Waals surface area contributed by atoms with Gasteiger partial charge >= 0.3 is 15.6 Å². The van der Waals surface area contributed by atoms with Gasteiger partial charge in [0.2, 0.25) is 0 Å². The molecule has 0 rings (SSSR count). The fourth-order valence-corrected chi connectivity index (χ4v) is 1.25. The van der Waals surface area contributed by atoms with Gasteiger partial charge in [0, 0.05) is 6.61 Å². The van der Waals surface area contributed by atoms with Crippen molar-refractivity contribution in [2.45, 2.75) is 58.3 Å². The molecule has 0 saturated carbocycles. The van der Waals surface area contributed by atoms with Gasteiger partial charge in [0.15, 0.2) is 0 Å². The molecule has 0 spiro atoms. The molecule has 0 aromatic carbocycles. The van der Waals surface area contributed by atoms with Crippen LogP contribution >= 0.6 is 15.6 Å². The average Bonchev–Trinajstić information content (AvgIpc) is 2.23. The summed E-state index contributed by atoms with van der Waals surface area (Å²) in [4.78, 5) is 43.1. The third-order valence-electron chi connectivity index (χ3n) is 2.01. The summed E-state index contributed by atoms with van der Waals surface area (Å²) in [7, 11) is -9.28. The van der Waals surface area contributed by atoms with Crippen molar-refractivity contribution >= 4 is 15.6 Å². The van der Waals surface area contributed by atoms with Gasteiger partial charge in [0.05, 0.1) is 0 Å². The number of hydrogen-bond acceptors (Lipinski definition) is 3. The standard InChI is InChI=1S/C10H22O.2H3O4P.H2O/c1-2-3-4-5-6-7-8-9-10-11;2*1-5(2,3)4;/h11H,2-10H2,1H3;2*(H3,1,2,3,4);1H2. The summed E-state index contributed by atoms with van der Waals surface area (Å²) in [5.41, 5.74) is 0. The minimum atomic E-state index is -4.64. The molecule has 0 bridgehead atoms.